The maximum Gasteiger partial charge on any atom is 0.252 e. The number of aryl methyl sites for hydroxylation is 1. The molecule has 2 nitrogen and oxygen atoms in total. The molecule has 0 amide bonds. The van der Waals surface area contributed by atoms with Gasteiger partial charge in [-0.1, -0.05) is 158 Å². The summed E-state index contributed by atoms with van der Waals surface area (Å²) in [4.78, 5) is 5.33. The van der Waals surface area contributed by atoms with E-state index in [2.05, 4.69) is 223 Å². The Kier molecular flexibility index (Phi) is 8.62. The van der Waals surface area contributed by atoms with E-state index in [-0.39, 0.29) is 39.2 Å². The van der Waals surface area contributed by atoms with E-state index in [1.54, 1.807) is 0 Å². The van der Waals surface area contributed by atoms with Crippen LogP contribution in [0.2, 0.25) is 0 Å². The van der Waals surface area contributed by atoms with Crippen molar-refractivity contribution >= 4 is 57.2 Å². The molecule has 3 heteroatoms. The molecule has 0 unspecified atom stereocenters. The van der Waals surface area contributed by atoms with Crippen LogP contribution in [0.3, 0.4) is 0 Å². The molecule has 0 atom stereocenters. The van der Waals surface area contributed by atoms with E-state index in [9.17, 15) is 0 Å². The Balaban J connectivity index is 1.33. The summed E-state index contributed by atoms with van der Waals surface area (Å²) in [6, 6.07) is 43.3. The third-order valence-corrected chi connectivity index (χ3v) is 15.4. The van der Waals surface area contributed by atoms with E-state index in [0.717, 1.165) is 12.8 Å². The summed E-state index contributed by atoms with van der Waals surface area (Å²) >= 11 is 0. The highest BCUT2D eigenvalue weighted by Gasteiger charge is 2.49. The SMILES string of the molecule is Cc1cc(-c2ccccc2)ccc1N1c2ccc(C(C)(C)C)cc2B2c3cc4c(cc3N(c3ccc5c(c3)C(C)(C)CC5(C)C)c3cc(C(C)(C)C)cc1c32)C(C)(C)CC4(C)C. The largest absolute Gasteiger partial charge is 0.311 e. The third-order valence-electron chi connectivity index (χ3n) is 15.4. The van der Waals surface area contributed by atoms with Crippen molar-refractivity contribution in [3.63, 3.8) is 0 Å². The maximum absolute atomic E-state index is 2.70. The average Bonchev–Trinajstić information content (AvgIpc) is 3.49. The Labute approximate surface area is 373 Å². The predicted molar refractivity (Wildman–Crippen MR) is 269 cm³/mol. The molecule has 2 aliphatic heterocycles. The van der Waals surface area contributed by atoms with E-state index in [0.29, 0.717) is 0 Å². The summed E-state index contributed by atoms with van der Waals surface area (Å²) in [5.41, 5.74) is 24.7. The summed E-state index contributed by atoms with van der Waals surface area (Å²) in [6.45, 7) is 36.3. The van der Waals surface area contributed by atoms with Crippen LogP contribution in [0.4, 0.5) is 34.1 Å². The molecule has 0 saturated heterocycles. The topological polar surface area (TPSA) is 6.48 Å². The average molecular weight is 815 g/mol. The number of hydrogen-bond acceptors (Lipinski definition) is 2. The van der Waals surface area contributed by atoms with Crippen LogP contribution in [0.5, 0.6) is 0 Å². The molecule has 10 rings (SSSR count). The molecule has 2 heterocycles. The highest BCUT2D eigenvalue weighted by Crippen LogP contribution is 2.55. The van der Waals surface area contributed by atoms with Gasteiger partial charge in [0.1, 0.15) is 0 Å². The molecule has 2 aliphatic carbocycles. The number of fused-ring (bicyclic) bond motifs is 6. The van der Waals surface area contributed by atoms with Gasteiger partial charge >= 0.3 is 0 Å². The highest BCUT2D eigenvalue weighted by molar-refractivity contribution is 7.00. The number of anilines is 6. The van der Waals surface area contributed by atoms with E-state index in [4.69, 9.17) is 0 Å². The standard InChI is InChI=1S/C59H67BN2/c1-36-27-38(37-19-17-16-18-20-37)21-25-48(36)62-49-26-22-39(54(2,3)4)28-46(49)60-47-32-44-45(59(14,15)35-58(44,12)13)33-50(47)61(51-29-40(55(5,6)7)30-52(62)53(51)60)41-23-24-42-43(31-41)57(10,11)34-56(42,8)9/h16-33H,34-35H2,1-15H3. The number of hydrogen-bond donors (Lipinski definition) is 0. The first kappa shape index (κ1) is 41.0. The summed E-state index contributed by atoms with van der Waals surface area (Å²) in [5.74, 6) is 0. The molecule has 0 spiro atoms. The van der Waals surface area contributed by atoms with Gasteiger partial charge in [0.15, 0.2) is 0 Å². The first-order valence-electron chi connectivity index (χ1n) is 23.3. The van der Waals surface area contributed by atoms with E-state index < -0.39 is 0 Å². The molecule has 0 bridgehead atoms. The van der Waals surface area contributed by atoms with Gasteiger partial charge < -0.3 is 9.80 Å². The normalized spacial score (nSPS) is 18.5. The van der Waals surface area contributed by atoms with Crippen LogP contribution in [0, 0.1) is 6.92 Å². The van der Waals surface area contributed by atoms with Gasteiger partial charge in [-0.15, -0.1) is 0 Å². The smallest absolute Gasteiger partial charge is 0.252 e. The fraction of sp³-hybridized carbons (Fsp3) is 0.390. The van der Waals surface area contributed by atoms with Crippen molar-refractivity contribution in [2.24, 2.45) is 0 Å². The first-order valence-corrected chi connectivity index (χ1v) is 23.3. The van der Waals surface area contributed by atoms with Crippen LogP contribution < -0.4 is 26.2 Å². The molecular weight excluding hydrogens is 747 g/mol. The zero-order valence-corrected chi connectivity index (χ0v) is 40.3. The molecule has 0 aromatic heterocycles. The Morgan fingerprint density at radius 1 is 0.435 bits per heavy atom. The highest BCUT2D eigenvalue weighted by atomic mass is 15.2. The molecule has 0 saturated carbocycles. The second-order valence-corrected chi connectivity index (χ2v) is 24.2. The Hall–Kier alpha value is -5.02. The lowest BCUT2D eigenvalue weighted by molar-refractivity contribution is 0.403. The summed E-state index contributed by atoms with van der Waals surface area (Å²) in [6.07, 6.45) is 2.28. The van der Waals surface area contributed by atoms with Crippen LogP contribution >= 0.6 is 0 Å². The fourth-order valence-corrected chi connectivity index (χ4v) is 12.7. The van der Waals surface area contributed by atoms with E-state index in [1.165, 1.54) is 101 Å². The van der Waals surface area contributed by atoms with Gasteiger partial charge in [-0.2, -0.15) is 0 Å². The zero-order chi connectivity index (χ0) is 44.3. The lowest BCUT2D eigenvalue weighted by Gasteiger charge is -2.46. The van der Waals surface area contributed by atoms with Gasteiger partial charge in [0.05, 0.1) is 0 Å². The van der Waals surface area contributed by atoms with Crippen LogP contribution in [0.1, 0.15) is 149 Å². The lowest BCUT2D eigenvalue weighted by Crippen LogP contribution is -2.62. The quantitative estimate of drug-likeness (QED) is 0.164. The van der Waals surface area contributed by atoms with Crippen LogP contribution in [0.15, 0.2) is 109 Å². The second-order valence-electron chi connectivity index (χ2n) is 24.2. The monoisotopic (exact) mass is 815 g/mol. The summed E-state index contributed by atoms with van der Waals surface area (Å²) < 4.78 is 0. The molecule has 6 aromatic rings. The number of rotatable bonds is 3. The first-order chi connectivity index (χ1) is 28.9. The van der Waals surface area contributed by atoms with Crippen molar-refractivity contribution in [1.29, 1.82) is 0 Å². The molecular formula is C59H67BN2. The lowest BCUT2D eigenvalue weighted by atomic mass is 9.33. The van der Waals surface area contributed by atoms with Gasteiger partial charge in [-0.25, -0.2) is 0 Å². The minimum Gasteiger partial charge on any atom is -0.311 e. The molecule has 316 valence electrons. The van der Waals surface area contributed by atoms with E-state index >= 15 is 0 Å². The van der Waals surface area contributed by atoms with Crippen LogP contribution in [0.25, 0.3) is 11.1 Å². The van der Waals surface area contributed by atoms with Gasteiger partial charge in [0.2, 0.25) is 0 Å². The van der Waals surface area contributed by atoms with Crippen molar-refractivity contribution in [2.45, 2.75) is 149 Å². The summed E-state index contributed by atoms with van der Waals surface area (Å²) in [7, 11) is 0. The fourth-order valence-electron chi connectivity index (χ4n) is 12.7. The molecule has 6 aromatic carbocycles. The van der Waals surface area contributed by atoms with Gasteiger partial charge in [-0.3, -0.25) is 0 Å². The predicted octanol–water partition coefficient (Wildman–Crippen LogP) is 14.3. The molecule has 0 fully saturated rings. The third kappa shape index (κ3) is 6.11. The maximum atomic E-state index is 2.70. The van der Waals surface area contributed by atoms with E-state index in [1.807, 2.05) is 0 Å². The number of nitrogens with zero attached hydrogens (tertiary/aromatic N) is 2. The molecule has 62 heavy (non-hydrogen) atoms. The van der Waals surface area contributed by atoms with Gasteiger partial charge in [0.25, 0.3) is 6.71 Å². The molecule has 0 N–H and O–H groups in total. The molecule has 0 radical (unpaired) electrons. The Bertz CT molecular complexity index is 2840. The second kappa shape index (κ2) is 13.0. The minimum atomic E-state index is -0.0882. The molecule has 4 aliphatic rings. The zero-order valence-electron chi connectivity index (χ0n) is 40.3. The minimum absolute atomic E-state index is 0.00914. The van der Waals surface area contributed by atoms with Crippen molar-refractivity contribution in [2.75, 3.05) is 9.80 Å². The van der Waals surface area contributed by atoms with Crippen molar-refractivity contribution < 1.29 is 0 Å². The van der Waals surface area contributed by atoms with Crippen LogP contribution in [-0.4, -0.2) is 6.71 Å². The Morgan fingerprint density at radius 2 is 0.984 bits per heavy atom. The Morgan fingerprint density at radius 3 is 1.60 bits per heavy atom. The van der Waals surface area contributed by atoms with Gasteiger partial charge in [-0.05, 0) is 167 Å². The van der Waals surface area contributed by atoms with Gasteiger partial charge in [0, 0.05) is 34.1 Å². The van der Waals surface area contributed by atoms with Crippen molar-refractivity contribution in [3.8, 4) is 11.1 Å². The summed E-state index contributed by atoms with van der Waals surface area (Å²) in [5, 5.41) is 0. The van der Waals surface area contributed by atoms with Crippen LogP contribution in [-0.2, 0) is 32.5 Å². The van der Waals surface area contributed by atoms with Crippen molar-refractivity contribution in [3.05, 3.63) is 148 Å². The van der Waals surface area contributed by atoms with Crippen molar-refractivity contribution in [1.82, 2.24) is 0 Å². The number of benzene rings is 6.